The molecule has 0 atom stereocenters. The summed E-state index contributed by atoms with van der Waals surface area (Å²) in [5.41, 5.74) is 0.324. The van der Waals surface area contributed by atoms with Gasteiger partial charge in [0.15, 0.2) is 11.5 Å². The molecule has 0 aliphatic carbocycles. The van der Waals surface area contributed by atoms with E-state index in [0.717, 1.165) is 24.2 Å². The number of imide groups is 2. The zero-order valence-electron chi connectivity index (χ0n) is 20.0. The Morgan fingerprint density at radius 1 is 0.917 bits per heavy atom. The van der Waals surface area contributed by atoms with Crippen molar-refractivity contribution in [3.05, 3.63) is 56.5 Å². The highest BCUT2D eigenvalue weighted by molar-refractivity contribution is 6.43. The first kappa shape index (κ1) is 27.8. The molecule has 0 spiro atoms. The van der Waals surface area contributed by atoms with Gasteiger partial charge in [0.2, 0.25) is 0 Å². The van der Waals surface area contributed by atoms with Crippen molar-refractivity contribution in [2.24, 2.45) is 0 Å². The minimum absolute atomic E-state index is 0.158. The van der Waals surface area contributed by atoms with Crippen LogP contribution in [0.3, 0.4) is 0 Å². The summed E-state index contributed by atoms with van der Waals surface area (Å²) in [6.07, 6.45) is 8.09. The van der Waals surface area contributed by atoms with Crippen molar-refractivity contribution in [2.75, 3.05) is 18.6 Å². The largest absolute Gasteiger partial charge is 0.493 e. The van der Waals surface area contributed by atoms with E-state index in [1.807, 2.05) is 0 Å². The molecule has 7 nitrogen and oxygen atoms in total. The predicted octanol–water partition coefficient (Wildman–Crippen LogP) is 7.06. The lowest BCUT2D eigenvalue weighted by Crippen LogP contribution is -2.54. The first-order chi connectivity index (χ1) is 17.3. The van der Waals surface area contributed by atoms with Crippen molar-refractivity contribution in [1.29, 1.82) is 0 Å². The number of carbonyl (C=O) groups excluding carboxylic acids is 3. The highest BCUT2D eigenvalue weighted by Gasteiger charge is 2.37. The van der Waals surface area contributed by atoms with E-state index in [-0.39, 0.29) is 26.3 Å². The van der Waals surface area contributed by atoms with E-state index in [0.29, 0.717) is 23.7 Å². The Labute approximate surface area is 225 Å². The van der Waals surface area contributed by atoms with Gasteiger partial charge in [-0.05, 0) is 48.4 Å². The second-order valence-electron chi connectivity index (χ2n) is 8.21. The van der Waals surface area contributed by atoms with Crippen LogP contribution in [0.25, 0.3) is 6.08 Å². The van der Waals surface area contributed by atoms with Crippen LogP contribution in [-0.2, 0) is 9.59 Å². The van der Waals surface area contributed by atoms with E-state index >= 15 is 0 Å². The third-order valence-electron chi connectivity index (χ3n) is 5.57. The summed E-state index contributed by atoms with van der Waals surface area (Å²) in [6, 6.07) is 6.55. The van der Waals surface area contributed by atoms with Gasteiger partial charge in [0.1, 0.15) is 5.57 Å². The molecular formula is C26H27Cl3N2O5. The number of urea groups is 1. The number of halogens is 3. The number of anilines is 1. The van der Waals surface area contributed by atoms with Gasteiger partial charge < -0.3 is 9.47 Å². The maximum Gasteiger partial charge on any atom is 0.335 e. The van der Waals surface area contributed by atoms with Gasteiger partial charge in [0.25, 0.3) is 11.8 Å². The average molecular weight is 554 g/mol. The lowest BCUT2D eigenvalue weighted by Gasteiger charge is -2.26. The Bertz CT molecular complexity index is 1180. The molecule has 3 rings (SSSR count). The molecule has 1 fully saturated rings. The van der Waals surface area contributed by atoms with Gasteiger partial charge in [-0.1, -0.05) is 73.8 Å². The fourth-order valence-corrected chi connectivity index (χ4v) is 4.27. The summed E-state index contributed by atoms with van der Waals surface area (Å²) in [5, 5.41) is 2.85. The Kier molecular flexibility index (Phi) is 10.0. The molecule has 0 saturated carbocycles. The number of amides is 4. The minimum Gasteiger partial charge on any atom is -0.493 e. The number of nitrogens with one attached hydrogen (secondary N) is 1. The van der Waals surface area contributed by atoms with E-state index in [4.69, 9.17) is 44.3 Å². The van der Waals surface area contributed by atoms with E-state index in [9.17, 15) is 14.4 Å². The van der Waals surface area contributed by atoms with E-state index in [1.54, 1.807) is 12.1 Å². The van der Waals surface area contributed by atoms with Gasteiger partial charge in [-0.3, -0.25) is 14.9 Å². The van der Waals surface area contributed by atoms with Crippen LogP contribution in [0.4, 0.5) is 10.5 Å². The van der Waals surface area contributed by atoms with Gasteiger partial charge >= 0.3 is 6.03 Å². The molecule has 1 aliphatic heterocycles. The summed E-state index contributed by atoms with van der Waals surface area (Å²) in [4.78, 5) is 38.9. The first-order valence-corrected chi connectivity index (χ1v) is 12.8. The van der Waals surface area contributed by atoms with Crippen LogP contribution >= 0.6 is 34.8 Å². The van der Waals surface area contributed by atoms with Crippen molar-refractivity contribution in [2.45, 2.75) is 45.4 Å². The molecule has 1 aliphatic rings. The number of hydrogen-bond donors (Lipinski definition) is 1. The number of ether oxygens (including phenoxy) is 2. The van der Waals surface area contributed by atoms with Crippen molar-refractivity contribution >= 4 is 64.4 Å². The lowest BCUT2D eigenvalue weighted by molar-refractivity contribution is -0.122. The van der Waals surface area contributed by atoms with E-state index in [2.05, 4.69) is 12.2 Å². The average Bonchev–Trinajstić information content (AvgIpc) is 2.84. The number of unbranched alkanes of at least 4 members (excludes halogenated alkanes) is 5. The highest BCUT2D eigenvalue weighted by Crippen LogP contribution is 2.37. The topological polar surface area (TPSA) is 84.9 Å². The highest BCUT2D eigenvalue weighted by atomic mass is 35.5. The van der Waals surface area contributed by atoms with Crippen LogP contribution < -0.4 is 19.7 Å². The van der Waals surface area contributed by atoms with Gasteiger partial charge in [0.05, 0.1) is 34.5 Å². The molecule has 1 heterocycles. The summed E-state index contributed by atoms with van der Waals surface area (Å²) in [6.45, 7) is 2.67. The smallest absolute Gasteiger partial charge is 0.335 e. The van der Waals surface area contributed by atoms with Crippen LogP contribution in [0, 0.1) is 0 Å². The van der Waals surface area contributed by atoms with E-state index < -0.39 is 17.8 Å². The molecule has 36 heavy (non-hydrogen) atoms. The zero-order valence-corrected chi connectivity index (χ0v) is 22.3. The standard InChI is InChI=1S/C26H27Cl3N2O5/c1-3-4-5-6-7-8-11-36-23-21(29)13-16(14-22(23)35-2)12-18-24(32)30-26(34)31(25(18)33)17-9-10-19(27)20(28)15-17/h9-10,12-15H,3-8,11H2,1-2H3,(H,30,32,34)/b18-12-. The van der Waals surface area contributed by atoms with Crippen molar-refractivity contribution in [3.63, 3.8) is 0 Å². The maximum atomic E-state index is 13.1. The van der Waals surface area contributed by atoms with Crippen LogP contribution in [0.2, 0.25) is 15.1 Å². The Morgan fingerprint density at radius 2 is 1.64 bits per heavy atom. The van der Waals surface area contributed by atoms with Crippen LogP contribution in [0.5, 0.6) is 11.5 Å². The molecule has 1 saturated heterocycles. The number of methoxy groups -OCH3 is 1. The fraction of sp³-hybridized carbons (Fsp3) is 0.346. The van der Waals surface area contributed by atoms with Crippen molar-refractivity contribution < 1.29 is 23.9 Å². The van der Waals surface area contributed by atoms with Crippen molar-refractivity contribution in [3.8, 4) is 11.5 Å². The monoisotopic (exact) mass is 552 g/mol. The molecular weight excluding hydrogens is 527 g/mol. The van der Waals surface area contributed by atoms with Crippen LogP contribution in [0.1, 0.15) is 51.0 Å². The fourth-order valence-electron chi connectivity index (χ4n) is 3.70. The predicted molar refractivity (Wildman–Crippen MR) is 142 cm³/mol. The molecule has 0 radical (unpaired) electrons. The summed E-state index contributed by atoms with van der Waals surface area (Å²) >= 11 is 18.4. The molecule has 0 aromatic heterocycles. The Morgan fingerprint density at radius 3 is 2.33 bits per heavy atom. The number of barbiturate groups is 1. The Hall–Kier alpha value is -2.74. The minimum atomic E-state index is -0.894. The number of carbonyl (C=O) groups is 3. The molecule has 0 bridgehead atoms. The quantitative estimate of drug-likeness (QED) is 0.183. The van der Waals surface area contributed by atoms with Gasteiger partial charge in [-0.15, -0.1) is 0 Å². The number of hydrogen-bond acceptors (Lipinski definition) is 5. The zero-order chi connectivity index (χ0) is 26.2. The number of nitrogens with zero attached hydrogens (tertiary/aromatic N) is 1. The summed E-state index contributed by atoms with van der Waals surface area (Å²) < 4.78 is 11.3. The van der Waals surface area contributed by atoms with Crippen LogP contribution in [-0.4, -0.2) is 31.6 Å². The molecule has 192 valence electrons. The second kappa shape index (κ2) is 13.0. The molecule has 2 aromatic rings. The molecule has 1 N–H and O–H groups in total. The van der Waals surface area contributed by atoms with Gasteiger partial charge in [0, 0.05) is 0 Å². The molecule has 10 heteroatoms. The van der Waals surface area contributed by atoms with Crippen LogP contribution in [0.15, 0.2) is 35.9 Å². The number of rotatable bonds is 11. The summed E-state index contributed by atoms with van der Waals surface area (Å²) in [7, 11) is 1.48. The second-order valence-corrected chi connectivity index (χ2v) is 9.43. The number of benzene rings is 2. The molecule has 0 unspecified atom stereocenters. The first-order valence-electron chi connectivity index (χ1n) is 11.6. The SMILES string of the molecule is CCCCCCCCOc1c(Cl)cc(/C=C2/C(=O)NC(=O)N(c3ccc(Cl)c(Cl)c3)C2=O)cc1OC. The van der Waals surface area contributed by atoms with Gasteiger partial charge in [-0.25, -0.2) is 9.69 Å². The van der Waals surface area contributed by atoms with Crippen molar-refractivity contribution in [1.82, 2.24) is 5.32 Å². The third-order valence-corrected chi connectivity index (χ3v) is 6.59. The third kappa shape index (κ3) is 6.72. The normalized spacial score (nSPS) is 14.9. The van der Waals surface area contributed by atoms with Gasteiger partial charge in [-0.2, -0.15) is 0 Å². The lowest BCUT2D eigenvalue weighted by atomic mass is 10.1. The Balaban J connectivity index is 1.81. The summed E-state index contributed by atoms with van der Waals surface area (Å²) in [5.74, 6) is -0.899. The maximum absolute atomic E-state index is 13.1. The molecule has 2 aromatic carbocycles. The molecule has 4 amide bonds. The van der Waals surface area contributed by atoms with E-state index in [1.165, 1.54) is 50.6 Å².